The number of fused-ring (bicyclic) bond motifs is 5. The number of ketones is 3. The second-order valence-electron chi connectivity index (χ2n) is 9.76. The lowest BCUT2D eigenvalue weighted by Crippen LogP contribution is -2.55. The van der Waals surface area contributed by atoms with E-state index in [9.17, 15) is 19.2 Å². The monoisotopic (exact) mass is 386 g/mol. The van der Waals surface area contributed by atoms with Crippen molar-refractivity contribution in [1.82, 2.24) is 0 Å². The van der Waals surface area contributed by atoms with Crippen molar-refractivity contribution in [2.24, 2.45) is 34.5 Å². The van der Waals surface area contributed by atoms with Crippen LogP contribution in [0.25, 0.3) is 0 Å². The minimum Gasteiger partial charge on any atom is -0.458 e. The highest BCUT2D eigenvalue weighted by atomic mass is 16.5. The second-order valence-corrected chi connectivity index (χ2v) is 9.76. The Morgan fingerprint density at radius 3 is 2.57 bits per heavy atom. The Kier molecular flexibility index (Phi) is 4.63. The number of Topliss-reactive ketones (excluding diaryl/α,β-unsaturated/α-hetero) is 2. The van der Waals surface area contributed by atoms with Crippen molar-refractivity contribution in [1.29, 1.82) is 0 Å². The van der Waals surface area contributed by atoms with Gasteiger partial charge in [0, 0.05) is 31.1 Å². The molecule has 4 aliphatic carbocycles. The van der Waals surface area contributed by atoms with Gasteiger partial charge < -0.3 is 4.74 Å². The van der Waals surface area contributed by atoms with Crippen LogP contribution in [-0.2, 0) is 23.9 Å². The van der Waals surface area contributed by atoms with Crippen LogP contribution < -0.4 is 0 Å². The van der Waals surface area contributed by atoms with Crippen LogP contribution in [0.1, 0.15) is 65.7 Å². The van der Waals surface area contributed by atoms with E-state index in [1.54, 1.807) is 0 Å². The van der Waals surface area contributed by atoms with Crippen molar-refractivity contribution in [3.63, 3.8) is 0 Å². The van der Waals surface area contributed by atoms with Gasteiger partial charge in [0.05, 0.1) is 0 Å². The van der Waals surface area contributed by atoms with Crippen LogP contribution in [0.15, 0.2) is 11.6 Å². The van der Waals surface area contributed by atoms with Gasteiger partial charge in [-0.3, -0.25) is 19.2 Å². The summed E-state index contributed by atoms with van der Waals surface area (Å²) in [6.07, 6.45) is 7.26. The highest BCUT2D eigenvalue weighted by Gasteiger charge is 2.63. The third kappa shape index (κ3) is 2.73. The smallest absolute Gasteiger partial charge is 0.303 e. The Hall–Kier alpha value is -1.78. The molecule has 0 radical (unpaired) electrons. The minimum atomic E-state index is -0.638. The molecular weight excluding hydrogens is 356 g/mol. The van der Waals surface area contributed by atoms with E-state index >= 15 is 0 Å². The van der Waals surface area contributed by atoms with Gasteiger partial charge >= 0.3 is 5.97 Å². The first-order valence-corrected chi connectivity index (χ1v) is 10.6. The van der Waals surface area contributed by atoms with E-state index in [2.05, 4.69) is 6.92 Å². The summed E-state index contributed by atoms with van der Waals surface area (Å²) in [5.41, 5.74) is 0.538. The van der Waals surface area contributed by atoms with Gasteiger partial charge in [-0.2, -0.15) is 0 Å². The fourth-order valence-electron chi connectivity index (χ4n) is 7.06. The van der Waals surface area contributed by atoms with E-state index in [-0.39, 0.29) is 47.1 Å². The number of hydrogen-bond donors (Lipinski definition) is 0. The lowest BCUT2D eigenvalue weighted by molar-refractivity contribution is -0.155. The molecule has 0 N–H and O–H groups in total. The van der Waals surface area contributed by atoms with Crippen molar-refractivity contribution < 1.29 is 23.9 Å². The zero-order valence-electron chi connectivity index (χ0n) is 17.1. The lowest BCUT2D eigenvalue weighted by atomic mass is 9.46. The Balaban J connectivity index is 1.62. The predicted octanol–water partition coefficient (Wildman–Crippen LogP) is 3.45. The van der Waals surface area contributed by atoms with E-state index in [0.717, 1.165) is 25.7 Å². The molecule has 0 bridgehead atoms. The zero-order chi connectivity index (χ0) is 20.3. The van der Waals surface area contributed by atoms with Gasteiger partial charge in [0.2, 0.25) is 0 Å². The quantitative estimate of drug-likeness (QED) is 0.694. The van der Waals surface area contributed by atoms with Gasteiger partial charge in [-0.15, -0.1) is 0 Å². The first-order chi connectivity index (χ1) is 13.2. The topological polar surface area (TPSA) is 77.5 Å². The molecule has 0 aromatic carbocycles. The van der Waals surface area contributed by atoms with E-state index in [0.29, 0.717) is 25.2 Å². The van der Waals surface area contributed by atoms with Crippen LogP contribution in [0, 0.1) is 34.5 Å². The molecule has 152 valence electrons. The van der Waals surface area contributed by atoms with Crippen molar-refractivity contribution in [3.8, 4) is 0 Å². The molecule has 3 saturated carbocycles. The zero-order valence-corrected chi connectivity index (χ0v) is 17.1. The Morgan fingerprint density at radius 2 is 1.86 bits per heavy atom. The Labute approximate surface area is 166 Å². The predicted molar refractivity (Wildman–Crippen MR) is 102 cm³/mol. The maximum atomic E-state index is 13.4. The van der Waals surface area contributed by atoms with Gasteiger partial charge in [-0.25, -0.2) is 0 Å². The Morgan fingerprint density at radius 1 is 1.11 bits per heavy atom. The fourth-order valence-corrected chi connectivity index (χ4v) is 7.06. The Bertz CT molecular complexity index is 780. The molecule has 0 spiro atoms. The van der Waals surface area contributed by atoms with Gasteiger partial charge in [-0.1, -0.05) is 19.4 Å². The first-order valence-electron chi connectivity index (χ1n) is 10.6. The van der Waals surface area contributed by atoms with Crippen LogP contribution in [0.2, 0.25) is 0 Å². The molecule has 0 amide bonds. The van der Waals surface area contributed by atoms with E-state index in [1.807, 2.05) is 13.0 Å². The summed E-state index contributed by atoms with van der Waals surface area (Å²) in [5.74, 6) is 0.390. The number of rotatable bonds is 3. The molecule has 4 rings (SSSR count). The molecule has 3 fully saturated rings. The van der Waals surface area contributed by atoms with E-state index < -0.39 is 11.4 Å². The third-order valence-corrected chi connectivity index (χ3v) is 8.63. The normalized spacial score (nSPS) is 42.2. The number of allylic oxidation sites excluding steroid dienone is 1. The number of hydrogen-bond acceptors (Lipinski definition) is 5. The summed E-state index contributed by atoms with van der Waals surface area (Å²) in [7, 11) is 0. The standard InChI is InChI=1S/C23H30O5/c1-13(24)28-12-20(26)18-7-6-17-16-5-4-14-10-15(25)8-9-22(14,2)19(16)11-21(27)23(17,18)3/h10,16-19H,4-9,11-12H2,1-3H3/t16-,17-,18+,19-,22-,23-/m0/s1. The molecular formula is C23H30O5. The number of ether oxygens (including phenoxy) is 1. The fraction of sp³-hybridized carbons (Fsp3) is 0.739. The third-order valence-electron chi connectivity index (χ3n) is 8.63. The summed E-state index contributed by atoms with van der Waals surface area (Å²) in [4.78, 5) is 49.2. The van der Waals surface area contributed by atoms with Gasteiger partial charge in [-0.05, 0) is 61.3 Å². The molecule has 5 heteroatoms. The average Bonchev–Trinajstić information content (AvgIpc) is 3.00. The van der Waals surface area contributed by atoms with Crippen LogP contribution in [-0.4, -0.2) is 29.9 Å². The van der Waals surface area contributed by atoms with Crippen LogP contribution in [0.5, 0.6) is 0 Å². The molecule has 0 saturated heterocycles. The minimum absolute atomic E-state index is 0.0619. The number of carbonyl (C=O) groups excluding carboxylic acids is 4. The number of carbonyl (C=O) groups is 4. The van der Waals surface area contributed by atoms with Crippen molar-refractivity contribution in [2.75, 3.05) is 6.61 Å². The van der Waals surface area contributed by atoms with Crippen LogP contribution in [0.3, 0.4) is 0 Å². The second kappa shape index (κ2) is 6.64. The van der Waals surface area contributed by atoms with Gasteiger partial charge in [0.1, 0.15) is 12.4 Å². The molecule has 0 aliphatic heterocycles. The SMILES string of the molecule is CC(=O)OCC(=O)[C@H]1CC[C@H]2[C@@H]3CCC4=CC(=O)CC[C@]4(C)[C@H]3CC(=O)[C@]12C. The molecule has 5 nitrogen and oxygen atoms in total. The molecule has 28 heavy (non-hydrogen) atoms. The number of esters is 1. The highest BCUT2D eigenvalue weighted by molar-refractivity contribution is 5.95. The van der Waals surface area contributed by atoms with Crippen molar-refractivity contribution in [3.05, 3.63) is 11.6 Å². The van der Waals surface area contributed by atoms with Gasteiger partial charge in [0.25, 0.3) is 0 Å². The summed E-state index contributed by atoms with van der Waals surface area (Å²) < 4.78 is 4.94. The van der Waals surface area contributed by atoms with Crippen molar-refractivity contribution >= 4 is 23.3 Å². The molecule has 0 aromatic heterocycles. The summed E-state index contributed by atoms with van der Waals surface area (Å²) in [6.45, 7) is 5.30. The molecule has 6 atom stereocenters. The van der Waals surface area contributed by atoms with Gasteiger partial charge in [0.15, 0.2) is 11.6 Å². The van der Waals surface area contributed by atoms with E-state index in [4.69, 9.17) is 4.74 Å². The summed E-state index contributed by atoms with van der Waals surface area (Å²) >= 11 is 0. The molecule has 4 aliphatic rings. The maximum Gasteiger partial charge on any atom is 0.303 e. The summed E-state index contributed by atoms with van der Waals surface area (Å²) in [6, 6.07) is 0. The summed E-state index contributed by atoms with van der Waals surface area (Å²) in [5, 5.41) is 0. The molecule has 0 unspecified atom stereocenters. The average molecular weight is 386 g/mol. The highest BCUT2D eigenvalue weighted by Crippen LogP contribution is 2.65. The molecule has 0 aromatic rings. The first kappa shape index (κ1) is 19.5. The van der Waals surface area contributed by atoms with Crippen LogP contribution in [0.4, 0.5) is 0 Å². The van der Waals surface area contributed by atoms with Crippen LogP contribution >= 0.6 is 0 Å². The largest absolute Gasteiger partial charge is 0.458 e. The lowest BCUT2D eigenvalue weighted by Gasteiger charge is -2.57. The molecule has 0 heterocycles. The van der Waals surface area contributed by atoms with Crippen molar-refractivity contribution in [2.45, 2.75) is 65.7 Å². The van der Waals surface area contributed by atoms with E-state index in [1.165, 1.54) is 12.5 Å². The maximum absolute atomic E-state index is 13.4.